The number of methoxy groups -OCH3 is 1. The van der Waals surface area contributed by atoms with Gasteiger partial charge in [0.15, 0.2) is 5.11 Å². The highest BCUT2D eigenvalue weighted by atomic mass is 35.5. The number of ether oxygens (including phenoxy) is 1. The molecule has 2 aromatic carbocycles. The Labute approximate surface area is 187 Å². The molecular weight excluding hydrogens is 427 g/mol. The third-order valence-corrected chi connectivity index (χ3v) is 6.08. The van der Waals surface area contributed by atoms with Gasteiger partial charge in [-0.15, -0.1) is 0 Å². The van der Waals surface area contributed by atoms with Crippen molar-refractivity contribution in [3.63, 3.8) is 0 Å². The zero-order chi connectivity index (χ0) is 20.8. The van der Waals surface area contributed by atoms with Crippen LogP contribution in [0, 0.1) is 0 Å². The van der Waals surface area contributed by atoms with Gasteiger partial charge in [-0.05, 0) is 61.3 Å². The smallest absolute Gasteiger partial charge is 0.171 e. The molecule has 0 aromatic heterocycles. The van der Waals surface area contributed by atoms with E-state index in [1.54, 1.807) is 19.2 Å². The van der Waals surface area contributed by atoms with Gasteiger partial charge in [0.1, 0.15) is 5.75 Å². The molecule has 8 heteroatoms. The molecule has 0 atom stereocenters. The molecule has 1 heterocycles. The molecule has 1 aliphatic heterocycles. The van der Waals surface area contributed by atoms with Crippen molar-refractivity contribution in [3.8, 4) is 5.75 Å². The van der Waals surface area contributed by atoms with Gasteiger partial charge in [0.25, 0.3) is 0 Å². The molecule has 0 amide bonds. The first kappa shape index (κ1) is 22.0. The molecule has 5 nitrogen and oxygen atoms in total. The summed E-state index contributed by atoms with van der Waals surface area (Å²) >= 11 is 17.5. The number of thiocarbonyl (C=S) groups is 1. The van der Waals surface area contributed by atoms with E-state index in [9.17, 15) is 0 Å². The van der Waals surface area contributed by atoms with E-state index in [4.69, 9.17) is 45.9 Å². The molecule has 0 radical (unpaired) electrons. The monoisotopic (exact) mass is 452 g/mol. The van der Waals surface area contributed by atoms with Crippen molar-refractivity contribution in [1.29, 1.82) is 0 Å². The van der Waals surface area contributed by atoms with Gasteiger partial charge in [-0.2, -0.15) is 0 Å². The van der Waals surface area contributed by atoms with Gasteiger partial charge in [0.05, 0.1) is 28.5 Å². The Morgan fingerprint density at radius 1 is 1.17 bits per heavy atom. The SMILES string of the molecule is COc1ccc(CCN2CCC(NC(=S)Nc3cc(Cl)c(Cl)cc3N)CC2)cc1. The fourth-order valence-corrected chi connectivity index (χ4v) is 4.01. The summed E-state index contributed by atoms with van der Waals surface area (Å²) in [4.78, 5) is 2.50. The number of halogens is 2. The van der Waals surface area contributed by atoms with Crippen LogP contribution in [0.4, 0.5) is 11.4 Å². The maximum Gasteiger partial charge on any atom is 0.171 e. The van der Waals surface area contributed by atoms with Crippen molar-refractivity contribution < 1.29 is 4.74 Å². The zero-order valence-electron chi connectivity index (χ0n) is 16.4. The second-order valence-electron chi connectivity index (χ2n) is 7.17. The molecule has 0 aliphatic carbocycles. The lowest BCUT2D eigenvalue weighted by Gasteiger charge is -2.33. The lowest BCUT2D eigenvalue weighted by molar-refractivity contribution is 0.209. The molecule has 2 aromatic rings. The van der Waals surface area contributed by atoms with Crippen LogP contribution in [-0.2, 0) is 6.42 Å². The third kappa shape index (κ3) is 6.37. The van der Waals surface area contributed by atoms with E-state index in [0.29, 0.717) is 32.6 Å². The van der Waals surface area contributed by atoms with E-state index < -0.39 is 0 Å². The number of benzene rings is 2. The topological polar surface area (TPSA) is 62.5 Å². The number of rotatable bonds is 6. The number of likely N-dealkylation sites (tertiary alicyclic amines) is 1. The van der Waals surface area contributed by atoms with E-state index in [-0.39, 0.29) is 0 Å². The molecule has 0 spiro atoms. The van der Waals surface area contributed by atoms with Crippen LogP contribution in [0.1, 0.15) is 18.4 Å². The number of anilines is 2. The van der Waals surface area contributed by atoms with E-state index in [1.165, 1.54) is 5.56 Å². The summed E-state index contributed by atoms with van der Waals surface area (Å²) in [6.07, 6.45) is 3.13. The standard InChI is InChI=1S/C21H26Cl2N4OS/c1-28-16-4-2-14(3-5-16)6-9-27-10-7-15(8-11-27)25-21(29)26-20-13-18(23)17(22)12-19(20)24/h2-5,12-13,15H,6-11,24H2,1H3,(H2,25,26,29). The Kier molecular flexibility index (Phi) is 7.84. The molecular formula is C21H26Cl2N4OS. The van der Waals surface area contributed by atoms with Gasteiger partial charge in [0, 0.05) is 25.7 Å². The minimum Gasteiger partial charge on any atom is -0.497 e. The molecule has 0 bridgehead atoms. The first-order valence-electron chi connectivity index (χ1n) is 9.62. The average Bonchev–Trinajstić information content (AvgIpc) is 2.72. The molecule has 156 valence electrons. The summed E-state index contributed by atoms with van der Waals surface area (Å²) < 4.78 is 5.21. The van der Waals surface area contributed by atoms with Gasteiger partial charge >= 0.3 is 0 Å². The highest BCUT2D eigenvalue weighted by Gasteiger charge is 2.20. The Balaban J connectivity index is 1.41. The maximum absolute atomic E-state index is 6.06. The molecule has 1 aliphatic rings. The van der Waals surface area contributed by atoms with Crippen LogP contribution >= 0.6 is 35.4 Å². The summed E-state index contributed by atoms with van der Waals surface area (Å²) in [5.41, 5.74) is 8.48. The first-order chi connectivity index (χ1) is 13.9. The van der Waals surface area contributed by atoms with Crippen molar-refractivity contribution in [2.24, 2.45) is 0 Å². The second kappa shape index (κ2) is 10.3. The minimum absolute atomic E-state index is 0.344. The number of nitrogens with one attached hydrogen (secondary N) is 2. The Hall–Kier alpha value is -1.73. The van der Waals surface area contributed by atoms with Gasteiger partial charge in [0.2, 0.25) is 0 Å². The average molecular weight is 453 g/mol. The predicted molar refractivity (Wildman–Crippen MR) is 126 cm³/mol. The molecule has 1 saturated heterocycles. The number of nitrogens with two attached hydrogens (primary N) is 1. The van der Waals surface area contributed by atoms with Crippen molar-refractivity contribution in [3.05, 3.63) is 52.0 Å². The van der Waals surface area contributed by atoms with E-state index in [2.05, 4.69) is 27.7 Å². The lowest BCUT2D eigenvalue weighted by atomic mass is 10.0. The molecule has 0 saturated carbocycles. The van der Waals surface area contributed by atoms with E-state index >= 15 is 0 Å². The summed E-state index contributed by atoms with van der Waals surface area (Å²) in [6.45, 7) is 3.15. The summed E-state index contributed by atoms with van der Waals surface area (Å²) in [5.74, 6) is 0.896. The zero-order valence-corrected chi connectivity index (χ0v) is 18.7. The minimum atomic E-state index is 0.344. The Bertz CT molecular complexity index is 839. The van der Waals surface area contributed by atoms with Crippen LogP contribution in [0.3, 0.4) is 0 Å². The second-order valence-corrected chi connectivity index (χ2v) is 8.39. The van der Waals surface area contributed by atoms with E-state index in [0.717, 1.165) is 44.6 Å². The van der Waals surface area contributed by atoms with Gasteiger partial charge in [-0.25, -0.2) is 0 Å². The Morgan fingerprint density at radius 2 is 1.83 bits per heavy atom. The third-order valence-electron chi connectivity index (χ3n) is 5.14. The fraction of sp³-hybridized carbons (Fsp3) is 0.381. The van der Waals surface area contributed by atoms with Gasteiger partial charge in [-0.1, -0.05) is 35.3 Å². The number of piperidine rings is 1. The highest BCUT2D eigenvalue weighted by molar-refractivity contribution is 7.80. The van der Waals surface area contributed by atoms with Crippen molar-refractivity contribution >= 4 is 51.9 Å². The lowest BCUT2D eigenvalue weighted by Crippen LogP contribution is -2.46. The number of nitrogen functional groups attached to an aromatic ring is 1. The Morgan fingerprint density at radius 3 is 2.48 bits per heavy atom. The van der Waals surface area contributed by atoms with Gasteiger partial charge < -0.3 is 26.0 Å². The number of hydrogen-bond donors (Lipinski definition) is 3. The van der Waals surface area contributed by atoms with Crippen molar-refractivity contribution in [2.45, 2.75) is 25.3 Å². The van der Waals surface area contributed by atoms with Crippen LogP contribution in [0.2, 0.25) is 10.0 Å². The van der Waals surface area contributed by atoms with E-state index in [1.807, 2.05) is 12.1 Å². The van der Waals surface area contributed by atoms with Gasteiger partial charge in [-0.3, -0.25) is 0 Å². The van der Waals surface area contributed by atoms with Crippen LogP contribution in [0.25, 0.3) is 0 Å². The van der Waals surface area contributed by atoms with Crippen LogP contribution in [0.5, 0.6) is 5.75 Å². The maximum atomic E-state index is 6.06. The van der Waals surface area contributed by atoms with Crippen molar-refractivity contribution in [2.75, 3.05) is 37.8 Å². The van der Waals surface area contributed by atoms with Crippen molar-refractivity contribution in [1.82, 2.24) is 10.2 Å². The first-order valence-corrected chi connectivity index (χ1v) is 10.8. The van der Waals surface area contributed by atoms with Crippen LogP contribution < -0.4 is 21.1 Å². The summed E-state index contributed by atoms with van der Waals surface area (Å²) in [5, 5.41) is 7.92. The molecule has 3 rings (SSSR count). The predicted octanol–water partition coefficient (Wildman–Crippen LogP) is 4.58. The molecule has 0 unspecified atom stereocenters. The number of hydrogen-bond acceptors (Lipinski definition) is 4. The molecule has 1 fully saturated rings. The molecule has 29 heavy (non-hydrogen) atoms. The quantitative estimate of drug-likeness (QED) is 0.440. The largest absolute Gasteiger partial charge is 0.497 e. The fourth-order valence-electron chi connectivity index (χ4n) is 3.39. The molecule has 4 N–H and O–H groups in total. The normalized spacial score (nSPS) is 15.1. The summed E-state index contributed by atoms with van der Waals surface area (Å²) in [7, 11) is 1.69. The number of nitrogens with zero attached hydrogens (tertiary/aromatic N) is 1. The van der Waals surface area contributed by atoms with Crippen LogP contribution in [0.15, 0.2) is 36.4 Å². The summed E-state index contributed by atoms with van der Waals surface area (Å²) in [6, 6.07) is 11.9. The highest BCUT2D eigenvalue weighted by Crippen LogP contribution is 2.30. The van der Waals surface area contributed by atoms with Crippen LogP contribution in [-0.4, -0.2) is 42.8 Å².